The molecule has 4 rings (SSSR count). The van der Waals surface area contributed by atoms with Gasteiger partial charge in [0, 0.05) is 56.8 Å². The summed E-state index contributed by atoms with van der Waals surface area (Å²) in [6.45, 7) is 0.908. The average molecular weight is 358 g/mol. The van der Waals surface area contributed by atoms with Crippen molar-refractivity contribution in [2.24, 2.45) is 5.41 Å². The van der Waals surface area contributed by atoms with Gasteiger partial charge < -0.3 is 9.80 Å². The Hall–Kier alpha value is -2.57. The number of halogens is 2. The largest absolute Gasteiger partial charge is 0.369 e. The van der Waals surface area contributed by atoms with Gasteiger partial charge in [-0.3, -0.25) is 14.8 Å². The van der Waals surface area contributed by atoms with Gasteiger partial charge in [-0.1, -0.05) is 0 Å². The zero-order valence-electron chi connectivity index (χ0n) is 14.3. The quantitative estimate of drug-likeness (QED) is 0.828. The summed E-state index contributed by atoms with van der Waals surface area (Å²) in [6, 6.07) is 6.93. The van der Waals surface area contributed by atoms with Crippen molar-refractivity contribution in [3.8, 4) is 0 Å². The monoisotopic (exact) mass is 358 g/mol. The second kappa shape index (κ2) is 6.30. The van der Waals surface area contributed by atoms with Crippen LogP contribution in [-0.4, -0.2) is 52.9 Å². The molecule has 2 fully saturated rings. The molecule has 0 saturated carbocycles. The molecular formula is C19H20F2N4O. The molecule has 2 aliphatic heterocycles. The molecule has 5 nitrogen and oxygen atoms in total. The van der Waals surface area contributed by atoms with E-state index < -0.39 is 11.3 Å². The summed E-state index contributed by atoms with van der Waals surface area (Å²) in [5, 5.41) is 0. The molecule has 2 aromatic heterocycles. The smallest absolute Gasteiger partial charge is 0.258 e. The van der Waals surface area contributed by atoms with Gasteiger partial charge in [0.1, 0.15) is 0 Å². The van der Waals surface area contributed by atoms with Crippen molar-refractivity contribution in [1.82, 2.24) is 14.9 Å². The Bertz CT molecular complexity index is 787. The van der Waals surface area contributed by atoms with E-state index in [2.05, 4.69) is 9.97 Å². The average Bonchev–Trinajstić information content (AvgIpc) is 3.11. The SMILES string of the molecule is O=C(c1ccncc1)N1CCC(F)(F)C2(CCN(c3cccnc3)C2)C1. The van der Waals surface area contributed by atoms with Crippen LogP contribution in [0, 0.1) is 5.41 Å². The van der Waals surface area contributed by atoms with Gasteiger partial charge in [-0.15, -0.1) is 0 Å². The predicted octanol–water partition coefficient (Wildman–Crippen LogP) is 2.85. The Morgan fingerprint density at radius 1 is 1.00 bits per heavy atom. The number of anilines is 1. The number of nitrogens with zero attached hydrogens (tertiary/aromatic N) is 4. The second-order valence-electron chi connectivity index (χ2n) is 7.08. The van der Waals surface area contributed by atoms with Crippen LogP contribution >= 0.6 is 0 Å². The van der Waals surface area contributed by atoms with Gasteiger partial charge in [-0.25, -0.2) is 8.78 Å². The third-order valence-corrected chi connectivity index (χ3v) is 5.54. The number of piperidine rings is 1. The third-order valence-electron chi connectivity index (χ3n) is 5.54. The Morgan fingerprint density at radius 2 is 1.81 bits per heavy atom. The van der Waals surface area contributed by atoms with Crippen LogP contribution in [-0.2, 0) is 0 Å². The van der Waals surface area contributed by atoms with Crippen LogP contribution in [0.5, 0.6) is 0 Å². The highest BCUT2D eigenvalue weighted by atomic mass is 19.3. The van der Waals surface area contributed by atoms with E-state index in [0.29, 0.717) is 18.5 Å². The molecule has 4 heterocycles. The number of hydrogen-bond acceptors (Lipinski definition) is 4. The minimum Gasteiger partial charge on any atom is -0.369 e. The molecule has 2 aliphatic rings. The summed E-state index contributed by atoms with van der Waals surface area (Å²) >= 11 is 0. The Balaban J connectivity index is 1.57. The molecule has 7 heteroatoms. The fourth-order valence-corrected chi connectivity index (χ4v) is 4.01. The Labute approximate surface area is 150 Å². The van der Waals surface area contributed by atoms with Gasteiger partial charge >= 0.3 is 0 Å². The van der Waals surface area contributed by atoms with Gasteiger partial charge in [0.2, 0.25) is 0 Å². The number of aromatic nitrogens is 2. The summed E-state index contributed by atoms with van der Waals surface area (Å²) in [5.74, 6) is -3.00. The molecule has 0 aromatic carbocycles. The molecule has 2 saturated heterocycles. The maximum Gasteiger partial charge on any atom is 0.258 e. The summed E-state index contributed by atoms with van der Waals surface area (Å²) in [7, 11) is 0. The zero-order valence-corrected chi connectivity index (χ0v) is 14.3. The first-order chi connectivity index (χ1) is 12.5. The van der Waals surface area contributed by atoms with Crippen molar-refractivity contribution in [2.75, 3.05) is 31.1 Å². The highest BCUT2D eigenvalue weighted by molar-refractivity contribution is 5.94. The fraction of sp³-hybridized carbons (Fsp3) is 0.421. The molecule has 1 unspecified atom stereocenters. The van der Waals surface area contributed by atoms with Crippen LogP contribution in [0.2, 0.25) is 0 Å². The minimum atomic E-state index is -2.79. The van der Waals surface area contributed by atoms with Gasteiger partial charge in [0.15, 0.2) is 0 Å². The van der Waals surface area contributed by atoms with Crippen molar-refractivity contribution in [2.45, 2.75) is 18.8 Å². The Morgan fingerprint density at radius 3 is 2.54 bits per heavy atom. The van der Waals surface area contributed by atoms with Crippen LogP contribution in [0.3, 0.4) is 0 Å². The lowest BCUT2D eigenvalue weighted by Gasteiger charge is -2.46. The summed E-state index contributed by atoms with van der Waals surface area (Å²) in [4.78, 5) is 24.2. The Kier molecular flexibility index (Phi) is 4.09. The van der Waals surface area contributed by atoms with Crippen LogP contribution < -0.4 is 4.90 Å². The zero-order chi connectivity index (χ0) is 18.2. The number of hydrogen-bond donors (Lipinski definition) is 0. The molecule has 0 aliphatic carbocycles. The molecule has 0 bridgehead atoms. The van der Waals surface area contributed by atoms with Crippen molar-refractivity contribution in [3.05, 3.63) is 54.6 Å². The normalized spacial score (nSPS) is 24.8. The van der Waals surface area contributed by atoms with E-state index in [1.165, 1.54) is 0 Å². The minimum absolute atomic E-state index is 0.0674. The van der Waals surface area contributed by atoms with E-state index in [4.69, 9.17) is 0 Å². The number of likely N-dealkylation sites (tertiary alicyclic amines) is 1. The molecule has 1 atom stereocenters. The fourth-order valence-electron chi connectivity index (χ4n) is 4.01. The molecule has 26 heavy (non-hydrogen) atoms. The molecule has 1 spiro atoms. The van der Waals surface area contributed by atoms with Crippen molar-refractivity contribution in [3.63, 3.8) is 0 Å². The van der Waals surface area contributed by atoms with Crippen molar-refractivity contribution < 1.29 is 13.6 Å². The van der Waals surface area contributed by atoms with Crippen LogP contribution in [0.4, 0.5) is 14.5 Å². The lowest BCUT2D eigenvalue weighted by atomic mass is 9.75. The summed E-state index contributed by atoms with van der Waals surface area (Å²) < 4.78 is 29.8. The van der Waals surface area contributed by atoms with Crippen LogP contribution in [0.25, 0.3) is 0 Å². The van der Waals surface area contributed by atoms with Gasteiger partial charge in [0.05, 0.1) is 17.3 Å². The van der Waals surface area contributed by atoms with E-state index in [1.807, 2.05) is 11.0 Å². The third kappa shape index (κ3) is 2.81. The molecule has 0 radical (unpaired) electrons. The predicted molar refractivity (Wildman–Crippen MR) is 93.2 cm³/mol. The lowest BCUT2D eigenvalue weighted by molar-refractivity contribution is -0.150. The number of carbonyl (C=O) groups excluding carboxylic acids is 1. The van der Waals surface area contributed by atoms with E-state index in [0.717, 1.165) is 5.69 Å². The van der Waals surface area contributed by atoms with Crippen LogP contribution in [0.15, 0.2) is 49.1 Å². The molecule has 0 N–H and O–H groups in total. The number of amides is 1. The number of pyridine rings is 2. The second-order valence-corrected chi connectivity index (χ2v) is 7.08. The standard InChI is InChI=1S/C19H20F2N4O/c20-19(21)6-11-25(17(26)15-3-8-22-9-4-15)14-18(19)5-10-24(13-18)16-2-1-7-23-12-16/h1-4,7-9,12H,5-6,10-11,13-14H2. The van der Waals surface area contributed by atoms with E-state index in [-0.39, 0.29) is 32.0 Å². The van der Waals surface area contributed by atoms with E-state index in [1.54, 1.807) is 47.9 Å². The molecule has 2 aromatic rings. The first-order valence-electron chi connectivity index (χ1n) is 8.73. The van der Waals surface area contributed by atoms with E-state index in [9.17, 15) is 13.6 Å². The highest BCUT2D eigenvalue weighted by Gasteiger charge is 2.60. The van der Waals surface area contributed by atoms with Crippen molar-refractivity contribution in [1.29, 1.82) is 0 Å². The summed E-state index contributed by atoms with van der Waals surface area (Å²) in [6.07, 6.45) is 6.50. The van der Waals surface area contributed by atoms with Gasteiger partial charge in [-0.2, -0.15) is 0 Å². The lowest BCUT2D eigenvalue weighted by Crippen LogP contribution is -2.58. The summed E-state index contributed by atoms with van der Waals surface area (Å²) in [5.41, 5.74) is 0.115. The highest BCUT2D eigenvalue weighted by Crippen LogP contribution is 2.50. The molecule has 1 amide bonds. The van der Waals surface area contributed by atoms with Crippen molar-refractivity contribution >= 4 is 11.6 Å². The van der Waals surface area contributed by atoms with E-state index >= 15 is 0 Å². The van der Waals surface area contributed by atoms with Gasteiger partial charge in [-0.05, 0) is 30.7 Å². The maximum atomic E-state index is 14.9. The van der Waals surface area contributed by atoms with Crippen LogP contribution in [0.1, 0.15) is 23.2 Å². The van der Waals surface area contributed by atoms with Gasteiger partial charge in [0.25, 0.3) is 11.8 Å². The first-order valence-corrected chi connectivity index (χ1v) is 8.73. The number of alkyl halides is 2. The number of carbonyl (C=O) groups is 1. The molecular weight excluding hydrogens is 338 g/mol. The maximum absolute atomic E-state index is 14.9. The first kappa shape index (κ1) is 16.9. The molecule has 136 valence electrons. The number of rotatable bonds is 2. The topological polar surface area (TPSA) is 49.3 Å².